The van der Waals surface area contributed by atoms with E-state index in [2.05, 4.69) is 25.1 Å². The molecule has 4 aromatic heterocycles. The Labute approximate surface area is 194 Å². The van der Waals surface area contributed by atoms with E-state index in [0.29, 0.717) is 33.4 Å². The maximum Gasteiger partial charge on any atom is 0.326 e. The Morgan fingerprint density at radius 1 is 1.03 bits per heavy atom. The average molecular weight is 476 g/mol. The molecule has 8 nitrogen and oxygen atoms in total. The summed E-state index contributed by atoms with van der Waals surface area (Å²) in [4.78, 5) is 22.8. The standard InChI is InChI=1S/C24H15F3N6O2/c25-17-9-20-19(8-16(17)14-2-1-3-18-15(14)6-7-28-18)30-24(34)33(20)11-13-5-4-12(10-29-13)22-31-32-23(35-22)21(26)27/h1-10,21,28H,11H2,(H,30,34). The van der Waals surface area contributed by atoms with Crippen LogP contribution in [0.5, 0.6) is 0 Å². The summed E-state index contributed by atoms with van der Waals surface area (Å²) < 4.78 is 46.9. The van der Waals surface area contributed by atoms with E-state index in [9.17, 15) is 13.6 Å². The first-order valence-electron chi connectivity index (χ1n) is 10.5. The molecule has 0 spiro atoms. The molecule has 0 aliphatic carbocycles. The number of benzene rings is 2. The summed E-state index contributed by atoms with van der Waals surface area (Å²) in [6, 6.07) is 13.6. The Balaban J connectivity index is 1.34. The number of nitrogens with zero attached hydrogens (tertiary/aromatic N) is 4. The quantitative estimate of drug-likeness (QED) is 0.362. The van der Waals surface area contributed by atoms with Crippen molar-refractivity contribution in [1.82, 2.24) is 29.7 Å². The van der Waals surface area contributed by atoms with Gasteiger partial charge in [-0.1, -0.05) is 12.1 Å². The maximum atomic E-state index is 15.2. The van der Waals surface area contributed by atoms with Crippen LogP contribution in [-0.2, 0) is 6.54 Å². The van der Waals surface area contributed by atoms with Gasteiger partial charge < -0.3 is 14.4 Å². The number of aromatic amines is 2. The molecule has 0 saturated carbocycles. The van der Waals surface area contributed by atoms with Crippen LogP contribution in [0.15, 0.2) is 70.1 Å². The molecule has 0 aliphatic heterocycles. The van der Waals surface area contributed by atoms with Crippen LogP contribution in [0.1, 0.15) is 18.0 Å². The molecule has 0 aliphatic rings. The fourth-order valence-corrected chi connectivity index (χ4v) is 4.11. The fraction of sp³-hybridized carbons (Fsp3) is 0.0833. The number of rotatable bonds is 5. The molecule has 6 rings (SSSR count). The highest BCUT2D eigenvalue weighted by Gasteiger charge is 2.18. The second-order valence-corrected chi connectivity index (χ2v) is 7.89. The van der Waals surface area contributed by atoms with Crippen molar-refractivity contribution >= 4 is 21.9 Å². The number of aromatic nitrogens is 6. The number of H-pyrrole nitrogens is 2. The van der Waals surface area contributed by atoms with Crippen molar-refractivity contribution in [2.24, 2.45) is 0 Å². The molecular formula is C24H15F3N6O2. The van der Waals surface area contributed by atoms with E-state index < -0.39 is 23.8 Å². The molecule has 6 aromatic rings. The molecule has 4 heterocycles. The van der Waals surface area contributed by atoms with Crippen LogP contribution in [0.4, 0.5) is 13.2 Å². The van der Waals surface area contributed by atoms with E-state index in [-0.39, 0.29) is 12.4 Å². The van der Waals surface area contributed by atoms with Crippen molar-refractivity contribution in [3.63, 3.8) is 0 Å². The molecule has 174 valence electrons. The lowest BCUT2D eigenvalue weighted by Crippen LogP contribution is -2.17. The molecule has 0 bridgehead atoms. The number of fused-ring (bicyclic) bond motifs is 2. The highest BCUT2D eigenvalue weighted by Crippen LogP contribution is 2.32. The molecule has 0 amide bonds. The minimum atomic E-state index is -2.87. The number of halogens is 3. The van der Waals surface area contributed by atoms with Gasteiger partial charge in [-0.3, -0.25) is 9.55 Å². The normalized spacial score (nSPS) is 11.8. The van der Waals surface area contributed by atoms with E-state index in [4.69, 9.17) is 4.42 Å². The first-order chi connectivity index (χ1) is 17.0. The Bertz CT molecular complexity index is 1750. The summed E-state index contributed by atoms with van der Waals surface area (Å²) in [6.45, 7) is 0.0669. The van der Waals surface area contributed by atoms with E-state index in [1.807, 2.05) is 24.3 Å². The predicted octanol–water partition coefficient (Wildman–Crippen LogP) is 5.05. The third kappa shape index (κ3) is 3.57. The van der Waals surface area contributed by atoms with Crippen molar-refractivity contribution in [2.75, 3.05) is 0 Å². The summed E-state index contributed by atoms with van der Waals surface area (Å²) in [5, 5.41) is 7.75. The largest absolute Gasteiger partial charge is 0.415 e. The maximum absolute atomic E-state index is 15.2. The van der Waals surface area contributed by atoms with E-state index >= 15 is 4.39 Å². The fourth-order valence-electron chi connectivity index (χ4n) is 4.11. The van der Waals surface area contributed by atoms with Gasteiger partial charge in [0.25, 0.3) is 5.89 Å². The van der Waals surface area contributed by atoms with Crippen molar-refractivity contribution in [2.45, 2.75) is 13.0 Å². The highest BCUT2D eigenvalue weighted by atomic mass is 19.3. The predicted molar refractivity (Wildman–Crippen MR) is 121 cm³/mol. The second kappa shape index (κ2) is 7.97. The summed E-state index contributed by atoms with van der Waals surface area (Å²) in [5.41, 5.74) is 3.28. The van der Waals surface area contributed by atoms with Crippen LogP contribution in [0.25, 0.3) is 44.5 Å². The molecule has 0 fully saturated rings. The van der Waals surface area contributed by atoms with Crippen LogP contribution in [-0.4, -0.2) is 29.7 Å². The first-order valence-corrected chi connectivity index (χ1v) is 10.5. The zero-order chi connectivity index (χ0) is 24.1. The zero-order valence-electron chi connectivity index (χ0n) is 17.8. The van der Waals surface area contributed by atoms with Gasteiger partial charge in [-0.05, 0) is 35.9 Å². The number of hydrogen-bond donors (Lipinski definition) is 2. The molecule has 11 heteroatoms. The lowest BCUT2D eigenvalue weighted by molar-refractivity contribution is 0.116. The molecule has 0 radical (unpaired) electrons. The van der Waals surface area contributed by atoms with Crippen LogP contribution < -0.4 is 5.69 Å². The molecule has 35 heavy (non-hydrogen) atoms. The minimum absolute atomic E-state index is 0.0669. The molecule has 0 atom stereocenters. The number of alkyl halides is 2. The van der Waals surface area contributed by atoms with Crippen molar-refractivity contribution in [3.8, 4) is 22.6 Å². The van der Waals surface area contributed by atoms with Gasteiger partial charge in [-0.15, -0.1) is 10.2 Å². The van der Waals surface area contributed by atoms with Gasteiger partial charge in [0.15, 0.2) is 0 Å². The van der Waals surface area contributed by atoms with Crippen molar-refractivity contribution in [3.05, 3.63) is 88.8 Å². The Morgan fingerprint density at radius 2 is 1.91 bits per heavy atom. The third-order valence-electron chi connectivity index (χ3n) is 5.77. The summed E-state index contributed by atoms with van der Waals surface area (Å²) >= 11 is 0. The number of hydrogen-bond acceptors (Lipinski definition) is 5. The van der Waals surface area contributed by atoms with Crippen LogP contribution >= 0.6 is 0 Å². The monoisotopic (exact) mass is 476 g/mol. The van der Waals surface area contributed by atoms with Gasteiger partial charge >= 0.3 is 12.1 Å². The van der Waals surface area contributed by atoms with Gasteiger partial charge in [-0.25, -0.2) is 9.18 Å². The van der Waals surface area contributed by atoms with Crippen LogP contribution in [0.2, 0.25) is 0 Å². The Hall–Kier alpha value is -4.67. The Morgan fingerprint density at radius 3 is 2.69 bits per heavy atom. The van der Waals surface area contributed by atoms with E-state index in [1.165, 1.54) is 16.8 Å². The molecule has 0 unspecified atom stereocenters. The van der Waals surface area contributed by atoms with Gasteiger partial charge in [0.05, 0.1) is 28.8 Å². The van der Waals surface area contributed by atoms with E-state index in [1.54, 1.807) is 24.4 Å². The van der Waals surface area contributed by atoms with Crippen molar-refractivity contribution in [1.29, 1.82) is 0 Å². The van der Waals surface area contributed by atoms with Gasteiger partial charge in [0, 0.05) is 34.9 Å². The summed E-state index contributed by atoms with van der Waals surface area (Å²) in [6.07, 6.45) is 0.306. The number of nitrogens with one attached hydrogen (secondary N) is 2. The van der Waals surface area contributed by atoms with Gasteiger partial charge in [-0.2, -0.15) is 8.78 Å². The molecule has 2 N–H and O–H groups in total. The van der Waals surface area contributed by atoms with Gasteiger partial charge in [0.2, 0.25) is 5.89 Å². The Kier molecular flexibility index (Phi) is 4.76. The summed E-state index contributed by atoms with van der Waals surface area (Å²) in [5.74, 6) is -1.33. The third-order valence-corrected chi connectivity index (χ3v) is 5.77. The minimum Gasteiger partial charge on any atom is -0.415 e. The number of imidazole rings is 1. The SMILES string of the molecule is O=c1[nH]c2cc(-c3cccc4[nH]ccc34)c(F)cc2n1Cc1ccc(-c2nnc(C(F)F)o2)cn1. The van der Waals surface area contributed by atoms with E-state index in [0.717, 1.165) is 10.9 Å². The highest BCUT2D eigenvalue weighted by molar-refractivity contribution is 5.97. The second-order valence-electron chi connectivity index (χ2n) is 7.89. The van der Waals surface area contributed by atoms with Gasteiger partial charge in [0.1, 0.15) is 5.82 Å². The average Bonchev–Trinajstić information content (AvgIpc) is 3.59. The smallest absolute Gasteiger partial charge is 0.326 e. The topological polar surface area (TPSA) is 105 Å². The summed E-state index contributed by atoms with van der Waals surface area (Å²) in [7, 11) is 0. The molecular weight excluding hydrogens is 461 g/mol. The molecule has 0 saturated heterocycles. The lowest BCUT2D eigenvalue weighted by atomic mass is 10.0. The number of pyridine rings is 1. The van der Waals surface area contributed by atoms with Crippen LogP contribution in [0.3, 0.4) is 0 Å². The zero-order valence-corrected chi connectivity index (χ0v) is 17.8. The first kappa shape index (κ1) is 20.9. The van der Waals surface area contributed by atoms with Crippen molar-refractivity contribution < 1.29 is 17.6 Å². The van der Waals surface area contributed by atoms with Crippen LogP contribution in [0, 0.1) is 5.82 Å². The molecule has 2 aromatic carbocycles. The lowest BCUT2D eigenvalue weighted by Gasteiger charge is -2.08.